The Kier molecular flexibility index (Phi) is 17.0. The average Bonchev–Trinajstić information content (AvgIpc) is 3.77. The van der Waals surface area contributed by atoms with Crippen LogP contribution in [0.25, 0.3) is 0 Å². The van der Waals surface area contributed by atoms with Gasteiger partial charge in [0, 0.05) is 42.4 Å². The summed E-state index contributed by atoms with van der Waals surface area (Å²) >= 11 is 0. The van der Waals surface area contributed by atoms with E-state index in [1.165, 1.54) is 12.1 Å². The number of anilines is 2. The van der Waals surface area contributed by atoms with Gasteiger partial charge in [0.1, 0.15) is 9.49 Å². The number of aliphatic hydroxyl groups is 1. The largest absolute Gasteiger partial charge is 0.395 e. The summed E-state index contributed by atoms with van der Waals surface area (Å²) in [6, 6.07) is 2.82. The zero-order chi connectivity index (χ0) is 44.6. The fourth-order valence-corrected chi connectivity index (χ4v) is 7.58. The molecule has 334 valence electrons. The molecule has 1 saturated heterocycles. The minimum Gasteiger partial charge on any atom is -0.395 e. The molecule has 0 aromatic carbocycles. The van der Waals surface area contributed by atoms with Crippen LogP contribution in [0.2, 0.25) is 0 Å². The number of hydrogen-bond acceptors (Lipinski definition) is 13. The van der Waals surface area contributed by atoms with E-state index in [0.717, 1.165) is 47.0 Å². The highest BCUT2D eigenvalue weighted by Gasteiger charge is 2.44. The van der Waals surface area contributed by atoms with Gasteiger partial charge in [-0.25, -0.2) is 16.8 Å². The smallest absolute Gasteiger partial charge is 0.389 e. The Bertz CT molecular complexity index is 1880. The lowest BCUT2D eigenvalue weighted by Crippen LogP contribution is -2.45. The fraction of sp³-hybridized carbons (Fsp3) is 0.771. The number of amides is 2. The molecule has 0 aliphatic carbocycles. The van der Waals surface area contributed by atoms with Crippen molar-refractivity contribution < 1.29 is 76.4 Å². The van der Waals surface area contributed by atoms with Crippen molar-refractivity contribution in [3.63, 3.8) is 0 Å². The monoisotopic (exact) mass is 884 g/mol. The SMILES string of the molecule is CC(C)(CO)c1cc(NC(=O)C(C)(C)S(=O)(=O)CCCC(F)(F)F)on1.CC(C)(COC1CCCCO1)c1cc(NC(=O)C(C)(C)S(=O)(=O)CCCC(F)(F)F)on1. The second-order valence-corrected chi connectivity index (χ2v) is 21.5. The first-order chi connectivity index (χ1) is 26.3. The van der Waals surface area contributed by atoms with Gasteiger partial charge in [0.25, 0.3) is 0 Å². The van der Waals surface area contributed by atoms with Gasteiger partial charge < -0.3 is 23.6 Å². The molecule has 2 amide bonds. The first-order valence-corrected chi connectivity index (χ1v) is 21.6. The summed E-state index contributed by atoms with van der Waals surface area (Å²) in [5, 5.41) is 21.6. The van der Waals surface area contributed by atoms with Crippen molar-refractivity contribution in [1.82, 2.24) is 10.3 Å². The molecule has 0 radical (unpaired) electrons. The second-order valence-electron chi connectivity index (χ2n) is 16.2. The van der Waals surface area contributed by atoms with Crippen molar-refractivity contribution in [1.29, 1.82) is 0 Å². The average molecular weight is 885 g/mol. The number of rotatable bonds is 18. The predicted octanol–water partition coefficient (Wildman–Crippen LogP) is 6.39. The van der Waals surface area contributed by atoms with Crippen LogP contribution < -0.4 is 10.6 Å². The zero-order valence-electron chi connectivity index (χ0n) is 33.7. The summed E-state index contributed by atoms with van der Waals surface area (Å²) < 4.78 is 141. The molecule has 1 fully saturated rings. The lowest BCUT2D eigenvalue weighted by Gasteiger charge is -2.28. The van der Waals surface area contributed by atoms with Crippen molar-refractivity contribution in [2.75, 3.05) is 42.0 Å². The summed E-state index contributed by atoms with van der Waals surface area (Å²) in [5.74, 6) is -3.59. The predicted molar refractivity (Wildman–Crippen MR) is 199 cm³/mol. The van der Waals surface area contributed by atoms with E-state index in [-0.39, 0.29) is 31.3 Å². The van der Waals surface area contributed by atoms with Crippen molar-refractivity contribution in [3.05, 3.63) is 23.5 Å². The fourth-order valence-electron chi connectivity index (χ4n) is 4.85. The van der Waals surface area contributed by atoms with Crippen LogP contribution in [0.1, 0.15) is 112 Å². The van der Waals surface area contributed by atoms with Gasteiger partial charge in [-0.2, -0.15) is 26.3 Å². The van der Waals surface area contributed by atoms with E-state index in [0.29, 0.717) is 18.0 Å². The molecule has 3 heterocycles. The highest BCUT2D eigenvalue weighted by atomic mass is 32.2. The van der Waals surface area contributed by atoms with E-state index in [2.05, 4.69) is 20.9 Å². The molecule has 1 aliphatic rings. The minimum absolute atomic E-state index is 0.0643. The molecular weight excluding hydrogens is 831 g/mol. The molecule has 0 bridgehead atoms. The van der Waals surface area contributed by atoms with Crippen LogP contribution in [-0.4, -0.2) is 104 Å². The van der Waals surface area contributed by atoms with Crippen LogP contribution in [0.3, 0.4) is 0 Å². The maximum absolute atomic E-state index is 12.6. The number of ether oxygens (including phenoxy) is 2. The first kappa shape index (κ1) is 50.9. The Balaban J connectivity index is 0.000000409. The third-order valence-electron chi connectivity index (χ3n) is 9.44. The first-order valence-electron chi connectivity index (χ1n) is 18.3. The normalized spacial score (nSPS) is 16.4. The number of carbonyl (C=O) groups is 2. The zero-order valence-corrected chi connectivity index (χ0v) is 35.4. The van der Waals surface area contributed by atoms with Gasteiger partial charge in [-0.3, -0.25) is 20.2 Å². The molecule has 3 rings (SSSR count). The topological polar surface area (TPSA) is 217 Å². The molecule has 2 aromatic heterocycles. The van der Waals surface area contributed by atoms with Gasteiger partial charge in [0.05, 0.1) is 36.1 Å². The minimum atomic E-state index is -4.46. The van der Waals surface area contributed by atoms with Gasteiger partial charge >= 0.3 is 12.4 Å². The Morgan fingerprint density at radius 1 is 0.741 bits per heavy atom. The summed E-state index contributed by atoms with van der Waals surface area (Å²) in [6.07, 6.45) is -10.1. The standard InChI is InChI=1S/C20H31F3N2O6S.C15H23F3N2O5S/c1-18(2,13-30-16-8-5-6-10-29-16)14-12-15(31-25-14)24-17(26)19(3,4)32(27,28)11-7-9-20(21,22)23;1-13(2,9-21)10-8-11(25-20-10)19-12(22)14(3,4)26(23,24)7-5-6-15(16,17)18/h12,16H,5-11,13H2,1-4H3,(H,24,26);8,21H,5-7,9H2,1-4H3,(H,19,22). The molecule has 1 unspecified atom stereocenters. The maximum atomic E-state index is 12.6. The van der Waals surface area contributed by atoms with Gasteiger partial charge in [-0.15, -0.1) is 0 Å². The van der Waals surface area contributed by atoms with Crippen molar-refractivity contribution in [2.45, 2.75) is 139 Å². The molecule has 3 N–H and O–H groups in total. The lowest BCUT2D eigenvalue weighted by molar-refractivity contribution is -0.170. The molecular formula is C35H54F6N4O11S2. The van der Waals surface area contributed by atoms with Gasteiger partial charge in [-0.1, -0.05) is 38.0 Å². The number of halogens is 6. The number of nitrogens with zero attached hydrogens (tertiary/aromatic N) is 2. The Morgan fingerprint density at radius 2 is 1.16 bits per heavy atom. The summed E-state index contributed by atoms with van der Waals surface area (Å²) in [6.45, 7) is 12.3. The van der Waals surface area contributed by atoms with Gasteiger partial charge in [0.15, 0.2) is 26.0 Å². The molecule has 58 heavy (non-hydrogen) atoms. The third kappa shape index (κ3) is 14.8. The van der Waals surface area contributed by atoms with Crippen LogP contribution in [0, 0.1) is 0 Å². The van der Waals surface area contributed by atoms with Crippen LogP contribution in [0.15, 0.2) is 21.2 Å². The number of carbonyl (C=O) groups excluding carboxylic acids is 2. The molecule has 1 aliphatic heterocycles. The van der Waals surface area contributed by atoms with E-state index in [1.54, 1.807) is 13.8 Å². The number of hydrogen-bond donors (Lipinski definition) is 3. The van der Waals surface area contributed by atoms with Crippen LogP contribution in [0.4, 0.5) is 38.1 Å². The van der Waals surface area contributed by atoms with Crippen LogP contribution >= 0.6 is 0 Å². The quantitative estimate of drug-likeness (QED) is 0.139. The molecule has 1 atom stereocenters. The third-order valence-corrected chi connectivity index (χ3v) is 14.6. The number of sulfone groups is 2. The molecule has 0 spiro atoms. The van der Waals surface area contributed by atoms with Crippen molar-refractivity contribution in [2.24, 2.45) is 0 Å². The molecule has 2 aromatic rings. The van der Waals surface area contributed by atoms with Gasteiger partial charge in [0.2, 0.25) is 23.6 Å². The second kappa shape index (κ2) is 19.4. The number of aromatic nitrogens is 2. The van der Waals surface area contributed by atoms with Gasteiger partial charge in [-0.05, 0) is 59.8 Å². The molecule has 23 heteroatoms. The lowest BCUT2D eigenvalue weighted by atomic mass is 9.90. The highest BCUT2D eigenvalue weighted by molar-refractivity contribution is 7.93. The Labute approximate surface area is 334 Å². The van der Waals surface area contributed by atoms with Crippen molar-refractivity contribution in [3.8, 4) is 0 Å². The van der Waals surface area contributed by atoms with E-state index in [9.17, 15) is 57.9 Å². The Hall–Kier alpha value is -3.28. The van der Waals surface area contributed by atoms with Crippen LogP contribution in [-0.2, 0) is 49.6 Å². The van der Waals surface area contributed by atoms with Crippen LogP contribution in [0.5, 0.6) is 0 Å². The van der Waals surface area contributed by atoms with E-state index in [4.69, 9.17) is 18.5 Å². The summed E-state index contributed by atoms with van der Waals surface area (Å²) in [7, 11) is -8.29. The van der Waals surface area contributed by atoms with E-state index >= 15 is 0 Å². The molecule has 0 saturated carbocycles. The highest BCUT2D eigenvalue weighted by Crippen LogP contribution is 2.30. The molecule has 15 nitrogen and oxygen atoms in total. The maximum Gasteiger partial charge on any atom is 0.389 e. The van der Waals surface area contributed by atoms with E-state index < -0.39 is 101 Å². The summed E-state index contributed by atoms with van der Waals surface area (Å²) in [5.41, 5.74) is -0.478. The number of nitrogens with one attached hydrogen (secondary N) is 2. The van der Waals surface area contributed by atoms with E-state index in [1.807, 2.05) is 13.8 Å². The number of aliphatic hydroxyl groups excluding tert-OH is 1. The number of alkyl halides is 6. The summed E-state index contributed by atoms with van der Waals surface area (Å²) in [4.78, 5) is 24.9. The Morgan fingerprint density at radius 3 is 1.52 bits per heavy atom. The van der Waals surface area contributed by atoms with Crippen molar-refractivity contribution >= 4 is 43.3 Å².